The van der Waals surface area contributed by atoms with Crippen LogP contribution in [0.1, 0.15) is 32.3 Å². The Morgan fingerprint density at radius 2 is 1.81 bits per heavy atom. The average Bonchev–Trinajstić information content (AvgIpc) is 3.66. The van der Waals surface area contributed by atoms with Crippen LogP contribution < -0.4 is 10.2 Å². The van der Waals surface area contributed by atoms with Crippen LogP contribution in [-0.2, 0) is 7.05 Å². The van der Waals surface area contributed by atoms with E-state index in [0.29, 0.717) is 11.9 Å². The number of nitrogens with zero attached hydrogens (tertiary/aromatic N) is 6. The SMILES string of the molecule is CC(C)N1CCN(c2cc(C(Nc3cc4cc(-c5cnn(C)c5)ccc4c(O)n3)=C3CC3)ccn2)CC1. The third-order valence-corrected chi connectivity index (χ3v) is 7.36. The van der Waals surface area contributed by atoms with Gasteiger partial charge in [-0.05, 0) is 73.5 Å². The van der Waals surface area contributed by atoms with Crippen molar-refractivity contribution >= 4 is 28.1 Å². The molecular formula is C29H33N7O. The number of rotatable bonds is 6. The highest BCUT2D eigenvalue weighted by Gasteiger charge is 2.23. The van der Waals surface area contributed by atoms with Gasteiger partial charge in [0, 0.05) is 73.9 Å². The first-order valence-electron chi connectivity index (χ1n) is 13.0. The molecule has 4 aromatic rings. The zero-order valence-electron chi connectivity index (χ0n) is 21.6. The van der Waals surface area contributed by atoms with E-state index in [-0.39, 0.29) is 5.88 Å². The molecule has 2 N–H and O–H groups in total. The average molecular weight is 496 g/mol. The van der Waals surface area contributed by atoms with Crippen molar-refractivity contribution < 1.29 is 5.11 Å². The van der Waals surface area contributed by atoms with Crippen LogP contribution in [0.4, 0.5) is 11.6 Å². The Bertz CT molecular complexity index is 1470. The summed E-state index contributed by atoms with van der Waals surface area (Å²) in [7, 11) is 1.91. The molecule has 1 aliphatic heterocycles. The van der Waals surface area contributed by atoms with E-state index in [1.807, 2.05) is 43.8 Å². The summed E-state index contributed by atoms with van der Waals surface area (Å²) >= 11 is 0. The Balaban J connectivity index is 1.28. The molecule has 0 spiro atoms. The van der Waals surface area contributed by atoms with Gasteiger partial charge in [-0.1, -0.05) is 6.07 Å². The van der Waals surface area contributed by atoms with E-state index in [4.69, 9.17) is 4.98 Å². The molecule has 2 aliphatic rings. The fraction of sp³-hybridized carbons (Fsp3) is 0.345. The van der Waals surface area contributed by atoms with Crippen LogP contribution in [0, 0.1) is 0 Å². The zero-order chi connectivity index (χ0) is 25.5. The van der Waals surface area contributed by atoms with E-state index in [1.165, 1.54) is 5.57 Å². The largest absolute Gasteiger partial charge is 0.493 e. The minimum atomic E-state index is 0.0244. The second-order valence-electron chi connectivity index (χ2n) is 10.3. The summed E-state index contributed by atoms with van der Waals surface area (Å²) in [5, 5.41) is 20.2. The Labute approximate surface area is 217 Å². The van der Waals surface area contributed by atoms with E-state index in [9.17, 15) is 5.11 Å². The summed E-state index contributed by atoms with van der Waals surface area (Å²) in [5.74, 6) is 1.67. The van der Waals surface area contributed by atoms with Gasteiger partial charge in [0.15, 0.2) is 0 Å². The number of hydrogen-bond acceptors (Lipinski definition) is 7. The van der Waals surface area contributed by atoms with Crippen molar-refractivity contribution in [2.75, 3.05) is 36.4 Å². The molecule has 8 nitrogen and oxygen atoms in total. The lowest BCUT2D eigenvalue weighted by Crippen LogP contribution is -2.49. The Morgan fingerprint density at radius 3 is 2.51 bits per heavy atom. The molecule has 8 heteroatoms. The van der Waals surface area contributed by atoms with Crippen molar-refractivity contribution in [3.05, 3.63) is 66.1 Å². The van der Waals surface area contributed by atoms with Crippen LogP contribution in [0.5, 0.6) is 5.88 Å². The zero-order valence-corrected chi connectivity index (χ0v) is 21.6. The maximum Gasteiger partial charge on any atom is 0.220 e. The van der Waals surface area contributed by atoms with Crippen LogP contribution in [0.3, 0.4) is 0 Å². The van der Waals surface area contributed by atoms with Crippen molar-refractivity contribution in [1.29, 1.82) is 0 Å². The molecule has 0 unspecified atom stereocenters. The van der Waals surface area contributed by atoms with Crippen LogP contribution in [0.25, 0.3) is 27.6 Å². The molecule has 1 aromatic carbocycles. The number of aromatic nitrogens is 4. The lowest BCUT2D eigenvalue weighted by atomic mass is 10.0. The number of pyridine rings is 2. The second-order valence-corrected chi connectivity index (χ2v) is 10.3. The molecule has 1 aliphatic carbocycles. The van der Waals surface area contributed by atoms with Gasteiger partial charge >= 0.3 is 0 Å². The second kappa shape index (κ2) is 9.52. The molecule has 0 radical (unpaired) electrons. The van der Waals surface area contributed by atoms with E-state index < -0.39 is 0 Å². The Hall–Kier alpha value is -3.91. The highest BCUT2D eigenvalue weighted by molar-refractivity contribution is 5.93. The van der Waals surface area contributed by atoms with Gasteiger partial charge in [-0.15, -0.1) is 0 Å². The Morgan fingerprint density at radius 1 is 1.00 bits per heavy atom. The molecule has 190 valence electrons. The summed E-state index contributed by atoms with van der Waals surface area (Å²) in [5.41, 5.74) is 5.63. The molecule has 1 saturated carbocycles. The predicted molar refractivity (Wildman–Crippen MR) is 149 cm³/mol. The highest BCUT2D eigenvalue weighted by Crippen LogP contribution is 2.38. The molecule has 0 amide bonds. The van der Waals surface area contributed by atoms with Crippen LogP contribution >= 0.6 is 0 Å². The molecule has 0 atom stereocenters. The number of nitrogens with one attached hydrogen (secondary N) is 1. The van der Waals surface area contributed by atoms with Crippen molar-refractivity contribution in [2.45, 2.75) is 32.7 Å². The standard InChI is InChI=1S/C29H33N7O/c1-19(2)35-10-12-36(13-11-35)27-16-22(8-9-30-27)28(20-4-5-20)32-26-15-23-14-21(24-17-31-34(3)18-24)6-7-25(23)29(37)33-26/h6-9,14-19H,4-5,10-13H2,1-3H3,(H2,32,33,37). The summed E-state index contributed by atoms with van der Waals surface area (Å²) in [6.45, 7) is 8.58. The van der Waals surface area contributed by atoms with Crippen LogP contribution in [0.15, 0.2) is 60.6 Å². The van der Waals surface area contributed by atoms with Gasteiger partial charge in [0.1, 0.15) is 11.6 Å². The third kappa shape index (κ3) is 4.89. The molecule has 2 fully saturated rings. The monoisotopic (exact) mass is 495 g/mol. The molecule has 37 heavy (non-hydrogen) atoms. The molecule has 1 saturated heterocycles. The van der Waals surface area contributed by atoms with Crippen molar-refractivity contribution in [3.63, 3.8) is 0 Å². The van der Waals surface area contributed by atoms with Gasteiger partial charge < -0.3 is 15.3 Å². The van der Waals surface area contributed by atoms with Crippen LogP contribution in [0.2, 0.25) is 0 Å². The lowest BCUT2D eigenvalue weighted by Gasteiger charge is -2.37. The van der Waals surface area contributed by atoms with Crippen molar-refractivity contribution in [1.82, 2.24) is 24.6 Å². The summed E-state index contributed by atoms with van der Waals surface area (Å²) in [6.07, 6.45) is 7.87. The van der Waals surface area contributed by atoms with Crippen molar-refractivity contribution in [2.24, 2.45) is 7.05 Å². The Kier molecular flexibility index (Phi) is 6.04. The van der Waals surface area contributed by atoms with E-state index in [2.05, 4.69) is 57.2 Å². The smallest absolute Gasteiger partial charge is 0.220 e. The van der Waals surface area contributed by atoms with Gasteiger partial charge in [0.05, 0.1) is 6.20 Å². The van der Waals surface area contributed by atoms with Crippen LogP contribution in [-0.4, -0.2) is 62.0 Å². The number of fused-ring (bicyclic) bond motifs is 1. The van der Waals surface area contributed by atoms with E-state index in [0.717, 1.165) is 78.0 Å². The molecule has 6 rings (SSSR count). The van der Waals surface area contributed by atoms with Gasteiger partial charge in [0.2, 0.25) is 5.88 Å². The predicted octanol–water partition coefficient (Wildman–Crippen LogP) is 4.88. The maximum atomic E-state index is 10.7. The third-order valence-electron chi connectivity index (χ3n) is 7.36. The lowest BCUT2D eigenvalue weighted by molar-refractivity contribution is 0.209. The summed E-state index contributed by atoms with van der Waals surface area (Å²) in [6, 6.07) is 12.8. The minimum Gasteiger partial charge on any atom is -0.493 e. The van der Waals surface area contributed by atoms with Gasteiger partial charge in [-0.25, -0.2) is 4.98 Å². The number of benzene rings is 1. The fourth-order valence-corrected chi connectivity index (χ4v) is 5.07. The first kappa shape index (κ1) is 23.5. The summed E-state index contributed by atoms with van der Waals surface area (Å²) < 4.78 is 1.79. The van der Waals surface area contributed by atoms with Crippen molar-refractivity contribution in [3.8, 4) is 17.0 Å². The van der Waals surface area contributed by atoms with E-state index >= 15 is 0 Å². The fourth-order valence-electron chi connectivity index (χ4n) is 5.07. The number of aromatic hydroxyl groups is 1. The number of allylic oxidation sites excluding steroid dienone is 1. The normalized spacial score (nSPS) is 16.0. The minimum absolute atomic E-state index is 0.0244. The summed E-state index contributed by atoms with van der Waals surface area (Å²) in [4.78, 5) is 14.1. The quantitative estimate of drug-likeness (QED) is 0.394. The van der Waals surface area contributed by atoms with E-state index in [1.54, 1.807) is 4.68 Å². The topological polar surface area (TPSA) is 82.3 Å². The molecule has 0 bridgehead atoms. The molecule has 4 heterocycles. The number of aryl methyl sites for hydroxylation is 1. The van der Waals surface area contributed by atoms with Gasteiger partial charge in [-0.2, -0.15) is 10.1 Å². The van der Waals surface area contributed by atoms with Gasteiger partial charge in [0.25, 0.3) is 0 Å². The number of piperazine rings is 1. The van der Waals surface area contributed by atoms with Gasteiger partial charge in [-0.3, -0.25) is 9.58 Å². The molecule has 3 aromatic heterocycles. The first-order chi connectivity index (χ1) is 17.9. The highest BCUT2D eigenvalue weighted by atomic mass is 16.3. The first-order valence-corrected chi connectivity index (χ1v) is 13.0. The number of anilines is 2. The maximum absolute atomic E-state index is 10.7. The molecular weight excluding hydrogens is 462 g/mol. The number of hydrogen-bond donors (Lipinski definition) is 2.